The van der Waals surface area contributed by atoms with Crippen LogP contribution in [0.3, 0.4) is 0 Å². The summed E-state index contributed by atoms with van der Waals surface area (Å²) in [5.74, 6) is 0.492. The fraction of sp³-hybridized carbons (Fsp3) is 0.120. The molecule has 0 aliphatic carbocycles. The normalized spacial score (nSPS) is 10.6. The number of nitrogens with one attached hydrogen (secondary N) is 1. The standard InChI is InChI=1S/C25H21BrN4O8/c1-3-11-37-23-9-6-17(13-24(23)36-4-2)25(31)28-27-15-16-5-8-21(19(26)12-16)38-22-10-7-18(29(32)33)14-20(22)30(34)35/h3,5-10,12-15H,1,4,11H2,2H3,(H,28,31)/b27-15+. The number of nitro groups is 2. The molecule has 0 aliphatic heterocycles. The smallest absolute Gasteiger partial charge is 0.318 e. The van der Waals surface area contributed by atoms with Gasteiger partial charge in [0.15, 0.2) is 11.5 Å². The monoisotopic (exact) mass is 584 g/mol. The molecule has 13 heteroatoms. The molecule has 3 aromatic carbocycles. The molecule has 0 atom stereocenters. The van der Waals surface area contributed by atoms with E-state index in [2.05, 4.69) is 33.0 Å². The molecule has 1 amide bonds. The van der Waals surface area contributed by atoms with Crippen LogP contribution in [-0.4, -0.2) is 35.2 Å². The number of non-ortho nitro benzene ring substituents is 1. The number of hydrogen-bond donors (Lipinski definition) is 1. The molecule has 0 heterocycles. The maximum atomic E-state index is 12.5. The van der Waals surface area contributed by atoms with Crippen molar-refractivity contribution in [1.82, 2.24) is 5.43 Å². The largest absolute Gasteiger partial charge is 0.490 e. The molecule has 196 valence electrons. The molecule has 12 nitrogen and oxygen atoms in total. The molecule has 0 radical (unpaired) electrons. The molecule has 0 bridgehead atoms. The molecule has 38 heavy (non-hydrogen) atoms. The third-order valence-corrected chi connectivity index (χ3v) is 5.39. The summed E-state index contributed by atoms with van der Waals surface area (Å²) in [7, 11) is 0. The lowest BCUT2D eigenvalue weighted by Gasteiger charge is -2.12. The predicted octanol–water partition coefficient (Wildman–Crippen LogP) is 5.79. The van der Waals surface area contributed by atoms with Crippen LogP contribution in [0.5, 0.6) is 23.0 Å². The number of nitro benzene ring substituents is 2. The zero-order chi connectivity index (χ0) is 27.7. The fourth-order valence-corrected chi connectivity index (χ4v) is 3.54. The molecule has 3 aromatic rings. The van der Waals surface area contributed by atoms with E-state index in [1.165, 1.54) is 12.3 Å². The average molecular weight is 585 g/mol. The summed E-state index contributed by atoms with van der Waals surface area (Å²) >= 11 is 3.32. The Morgan fingerprint density at radius 3 is 2.39 bits per heavy atom. The van der Waals surface area contributed by atoms with Gasteiger partial charge < -0.3 is 14.2 Å². The van der Waals surface area contributed by atoms with Gasteiger partial charge in [-0.15, -0.1) is 0 Å². The number of benzene rings is 3. The molecule has 0 fully saturated rings. The van der Waals surface area contributed by atoms with Crippen LogP contribution in [0.2, 0.25) is 0 Å². The first kappa shape index (κ1) is 27.8. The van der Waals surface area contributed by atoms with E-state index >= 15 is 0 Å². The topological polar surface area (TPSA) is 155 Å². The van der Waals surface area contributed by atoms with Crippen molar-refractivity contribution in [3.8, 4) is 23.0 Å². The first-order valence-electron chi connectivity index (χ1n) is 11.0. The van der Waals surface area contributed by atoms with Crippen LogP contribution in [0.15, 0.2) is 76.8 Å². The van der Waals surface area contributed by atoms with Crippen LogP contribution < -0.4 is 19.6 Å². The molecule has 1 N–H and O–H groups in total. The minimum Gasteiger partial charge on any atom is -0.490 e. The van der Waals surface area contributed by atoms with Crippen LogP contribution >= 0.6 is 15.9 Å². The molecule has 0 aliphatic rings. The van der Waals surface area contributed by atoms with Crippen molar-refractivity contribution in [1.29, 1.82) is 0 Å². The van der Waals surface area contributed by atoms with Crippen molar-refractivity contribution in [2.24, 2.45) is 5.10 Å². The van der Waals surface area contributed by atoms with Crippen molar-refractivity contribution in [2.75, 3.05) is 13.2 Å². The van der Waals surface area contributed by atoms with Gasteiger partial charge in [0, 0.05) is 11.6 Å². The number of rotatable bonds is 12. The third-order valence-electron chi connectivity index (χ3n) is 4.77. The lowest BCUT2D eigenvalue weighted by molar-refractivity contribution is -0.394. The average Bonchev–Trinajstić information content (AvgIpc) is 2.89. The Bertz CT molecular complexity index is 1410. The zero-order valence-electron chi connectivity index (χ0n) is 20.0. The van der Waals surface area contributed by atoms with Gasteiger partial charge >= 0.3 is 5.69 Å². The highest BCUT2D eigenvalue weighted by molar-refractivity contribution is 9.10. The highest BCUT2D eigenvalue weighted by atomic mass is 79.9. The van der Waals surface area contributed by atoms with Gasteiger partial charge in [0.1, 0.15) is 12.4 Å². The Balaban J connectivity index is 1.70. The number of nitrogens with zero attached hydrogens (tertiary/aromatic N) is 3. The maximum absolute atomic E-state index is 12.5. The lowest BCUT2D eigenvalue weighted by atomic mass is 10.2. The van der Waals surface area contributed by atoms with E-state index in [4.69, 9.17) is 14.2 Å². The van der Waals surface area contributed by atoms with Crippen LogP contribution in [0.1, 0.15) is 22.8 Å². The summed E-state index contributed by atoms with van der Waals surface area (Å²) in [5, 5.41) is 26.2. The lowest BCUT2D eigenvalue weighted by Crippen LogP contribution is -2.17. The summed E-state index contributed by atoms with van der Waals surface area (Å²) in [4.78, 5) is 33.3. The van der Waals surface area contributed by atoms with Crippen molar-refractivity contribution < 1.29 is 28.9 Å². The Morgan fingerprint density at radius 1 is 1.00 bits per heavy atom. The Labute approximate surface area is 225 Å². The van der Waals surface area contributed by atoms with Gasteiger partial charge in [-0.2, -0.15) is 5.10 Å². The Morgan fingerprint density at radius 2 is 1.74 bits per heavy atom. The number of carbonyl (C=O) groups is 1. The maximum Gasteiger partial charge on any atom is 0.318 e. The van der Waals surface area contributed by atoms with Crippen LogP contribution in [0.4, 0.5) is 11.4 Å². The first-order chi connectivity index (χ1) is 18.2. The highest BCUT2D eigenvalue weighted by Gasteiger charge is 2.22. The summed E-state index contributed by atoms with van der Waals surface area (Å²) < 4.78 is 17.1. The van der Waals surface area contributed by atoms with Gasteiger partial charge in [0.2, 0.25) is 5.75 Å². The minimum absolute atomic E-state index is 0.165. The molecule has 0 saturated carbocycles. The molecule has 0 unspecified atom stereocenters. The van der Waals surface area contributed by atoms with Gasteiger partial charge in [0.25, 0.3) is 11.6 Å². The molecular weight excluding hydrogens is 564 g/mol. The molecule has 0 spiro atoms. The minimum atomic E-state index is -0.765. The number of hydrazone groups is 1. The van der Waals surface area contributed by atoms with E-state index in [1.807, 2.05) is 6.92 Å². The fourth-order valence-electron chi connectivity index (χ4n) is 3.06. The molecule has 0 saturated heterocycles. The number of carbonyl (C=O) groups excluding carboxylic acids is 1. The number of amides is 1. The van der Waals surface area contributed by atoms with Crippen molar-refractivity contribution >= 4 is 39.4 Å². The SMILES string of the molecule is C=CCOc1ccc(C(=O)N/N=C/c2ccc(Oc3ccc([N+](=O)[O-])cc3[N+](=O)[O-])c(Br)c2)cc1OCC. The van der Waals surface area contributed by atoms with E-state index in [9.17, 15) is 25.0 Å². The van der Waals surface area contributed by atoms with E-state index < -0.39 is 27.1 Å². The molecule has 3 rings (SSSR count). The number of ether oxygens (including phenoxy) is 3. The van der Waals surface area contributed by atoms with Gasteiger partial charge in [-0.1, -0.05) is 12.7 Å². The van der Waals surface area contributed by atoms with Gasteiger partial charge in [-0.3, -0.25) is 25.0 Å². The Kier molecular flexibility index (Phi) is 9.48. The Hall–Kier alpha value is -4.78. The molecular formula is C25H21BrN4O8. The number of hydrogen-bond acceptors (Lipinski definition) is 9. The predicted molar refractivity (Wildman–Crippen MR) is 142 cm³/mol. The quantitative estimate of drug-likeness (QED) is 0.121. The second-order valence-corrected chi connectivity index (χ2v) is 8.21. The summed E-state index contributed by atoms with van der Waals surface area (Å²) in [6.45, 7) is 6.10. The first-order valence-corrected chi connectivity index (χ1v) is 11.8. The summed E-state index contributed by atoms with van der Waals surface area (Å²) in [5.41, 5.74) is 2.34. The van der Waals surface area contributed by atoms with Crippen LogP contribution in [0.25, 0.3) is 0 Å². The third kappa shape index (κ3) is 7.13. The van der Waals surface area contributed by atoms with Crippen molar-refractivity contribution in [3.63, 3.8) is 0 Å². The van der Waals surface area contributed by atoms with Crippen molar-refractivity contribution in [3.05, 3.63) is 103 Å². The van der Waals surface area contributed by atoms with Crippen LogP contribution in [0, 0.1) is 20.2 Å². The summed E-state index contributed by atoms with van der Waals surface area (Å²) in [6, 6.07) is 12.6. The highest BCUT2D eigenvalue weighted by Crippen LogP contribution is 2.37. The zero-order valence-corrected chi connectivity index (χ0v) is 21.5. The van der Waals surface area contributed by atoms with Gasteiger partial charge in [-0.05, 0) is 70.9 Å². The number of halogens is 1. The van der Waals surface area contributed by atoms with Crippen molar-refractivity contribution in [2.45, 2.75) is 6.92 Å². The second-order valence-electron chi connectivity index (χ2n) is 7.35. The van der Waals surface area contributed by atoms with E-state index in [1.54, 1.807) is 36.4 Å². The van der Waals surface area contributed by atoms with E-state index in [0.29, 0.717) is 40.3 Å². The van der Waals surface area contributed by atoms with Gasteiger partial charge in [-0.25, -0.2) is 5.43 Å². The van der Waals surface area contributed by atoms with Crippen LogP contribution in [-0.2, 0) is 0 Å². The van der Waals surface area contributed by atoms with E-state index in [0.717, 1.165) is 18.2 Å². The molecule has 0 aromatic heterocycles. The van der Waals surface area contributed by atoms with E-state index in [-0.39, 0.29) is 11.5 Å². The second kappa shape index (κ2) is 13.0. The summed E-state index contributed by atoms with van der Waals surface area (Å²) in [6.07, 6.45) is 2.99. The van der Waals surface area contributed by atoms with Gasteiger partial charge in [0.05, 0.1) is 33.2 Å².